The molecule has 0 aromatic rings. The summed E-state index contributed by atoms with van der Waals surface area (Å²) in [5.41, 5.74) is 0. The molecule has 2 N–H and O–H groups in total. The van der Waals surface area contributed by atoms with Crippen molar-refractivity contribution in [3.8, 4) is 0 Å². The minimum Gasteiger partial charge on any atom is -0.481 e. The minimum atomic E-state index is -0.840. The van der Waals surface area contributed by atoms with E-state index in [9.17, 15) is 9.59 Å². The van der Waals surface area contributed by atoms with Gasteiger partial charge in [0.25, 0.3) is 0 Å². The van der Waals surface area contributed by atoms with Gasteiger partial charge in [0.2, 0.25) is 0 Å². The predicted octanol–water partition coefficient (Wildman–Crippen LogP) is 0.667. The molecular weight excluding hydrogens is 234 g/mol. The molecule has 0 saturated carbocycles. The van der Waals surface area contributed by atoms with Crippen LogP contribution >= 0.6 is 11.8 Å². The Morgan fingerprint density at radius 1 is 1.00 bits per heavy atom. The summed E-state index contributed by atoms with van der Waals surface area (Å²) in [7, 11) is 0. The van der Waals surface area contributed by atoms with Crippen molar-refractivity contribution in [3.05, 3.63) is 0 Å². The molecule has 0 bridgehead atoms. The third-order valence-electron chi connectivity index (χ3n) is 0.921. The zero-order valence-corrected chi connectivity index (χ0v) is 10.4. The molecule has 0 aliphatic carbocycles. The second-order valence-electron chi connectivity index (χ2n) is 1.90. The van der Waals surface area contributed by atoms with Gasteiger partial charge in [-0.1, -0.05) is 0 Å². The molecule has 0 fully saturated rings. The maximum atomic E-state index is 9.97. The molecule has 66 valence electrons. The quantitative estimate of drug-likeness (QED) is 0.530. The van der Waals surface area contributed by atoms with Crippen LogP contribution in [0.25, 0.3) is 0 Å². The molecule has 0 aliphatic heterocycles. The van der Waals surface area contributed by atoms with Crippen molar-refractivity contribution in [2.45, 2.75) is 12.8 Å². The number of hydrogen-bond donors (Lipinski definition) is 2. The van der Waals surface area contributed by atoms with Gasteiger partial charge < -0.3 is 10.2 Å². The molecule has 0 aromatic heterocycles. The molecule has 0 heterocycles. The summed E-state index contributed by atoms with van der Waals surface area (Å²) in [6.07, 6.45) is 0.203. The summed E-state index contributed by atoms with van der Waals surface area (Å²) < 4.78 is 0. The van der Waals surface area contributed by atoms with Crippen LogP contribution in [0.3, 0.4) is 0 Å². The average molecular weight is 244 g/mol. The van der Waals surface area contributed by atoms with Crippen LogP contribution in [0.15, 0.2) is 0 Å². The second kappa shape index (κ2) is 9.01. The van der Waals surface area contributed by atoms with Crippen LogP contribution < -0.4 is 0 Å². The van der Waals surface area contributed by atoms with Gasteiger partial charge in [0.1, 0.15) is 0 Å². The van der Waals surface area contributed by atoms with Crippen molar-refractivity contribution >= 4 is 23.7 Å². The predicted molar refractivity (Wildman–Crippen MR) is 41.8 cm³/mol. The van der Waals surface area contributed by atoms with Crippen molar-refractivity contribution in [2.75, 3.05) is 11.5 Å². The third-order valence-corrected chi connectivity index (χ3v) is 1.91. The topological polar surface area (TPSA) is 74.6 Å². The summed E-state index contributed by atoms with van der Waals surface area (Å²) in [6.45, 7) is 0. The number of aliphatic carboxylic acids is 2. The number of carboxylic acids is 2. The minimum absolute atomic E-state index is 0. The SMILES string of the molecule is O=C(O)CCSCCC(=O)O.[Zn]. The maximum absolute atomic E-state index is 9.97. The Kier molecular flexibility index (Phi) is 10.8. The van der Waals surface area contributed by atoms with Gasteiger partial charge in [-0.2, -0.15) is 11.8 Å². The van der Waals surface area contributed by atoms with E-state index >= 15 is 0 Å². The Bertz CT molecular complexity index is 134. The number of thioether (sulfide) groups is 1. The van der Waals surface area contributed by atoms with Crippen LogP contribution in [0, 0.1) is 0 Å². The smallest absolute Gasteiger partial charge is 0.304 e. The van der Waals surface area contributed by atoms with Gasteiger partial charge in [0.05, 0.1) is 12.8 Å². The standard InChI is InChI=1S/C6H10O4S.Zn/c7-5(8)1-3-11-4-2-6(9)10;/h1-4H2,(H,7,8)(H,9,10);. The van der Waals surface area contributed by atoms with E-state index in [-0.39, 0.29) is 32.3 Å². The van der Waals surface area contributed by atoms with Crippen LogP contribution in [-0.2, 0) is 29.1 Å². The molecule has 12 heavy (non-hydrogen) atoms. The first-order valence-corrected chi connectivity index (χ1v) is 4.29. The Labute approximate surface area is 87.5 Å². The zero-order valence-electron chi connectivity index (χ0n) is 6.65. The van der Waals surface area contributed by atoms with Crippen molar-refractivity contribution in [1.29, 1.82) is 0 Å². The molecule has 6 heteroatoms. The molecule has 0 unspecified atom stereocenters. The van der Waals surface area contributed by atoms with Gasteiger partial charge in [-0.05, 0) is 0 Å². The third kappa shape index (κ3) is 12.6. The monoisotopic (exact) mass is 242 g/mol. The molecule has 0 amide bonds. The van der Waals surface area contributed by atoms with Gasteiger partial charge in [-0.3, -0.25) is 9.59 Å². The van der Waals surface area contributed by atoms with E-state index in [1.54, 1.807) is 0 Å². The van der Waals surface area contributed by atoms with Crippen molar-refractivity contribution in [2.24, 2.45) is 0 Å². The fourth-order valence-corrected chi connectivity index (χ4v) is 1.26. The van der Waals surface area contributed by atoms with Gasteiger partial charge >= 0.3 is 11.9 Å². The molecule has 0 saturated heterocycles. The maximum Gasteiger partial charge on any atom is 0.304 e. The zero-order chi connectivity index (χ0) is 8.69. The van der Waals surface area contributed by atoms with E-state index in [1.165, 1.54) is 11.8 Å². The molecule has 0 atom stereocenters. The Morgan fingerprint density at radius 3 is 1.58 bits per heavy atom. The normalized spacial score (nSPS) is 8.67. The summed E-state index contributed by atoms with van der Waals surface area (Å²) >= 11 is 1.35. The molecule has 0 rings (SSSR count). The fourth-order valence-electron chi connectivity index (χ4n) is 0.421. The molecule has 0 aromatic carbocycles. The van der Waals surface area contributed by atoms with Crippen LogP contribution in [0.2, 0.25) is 0 Å². The van der Waals surface area contributed by atoms with Crippen molar-refractivity contribution in [1.82, 2.24) is 0 Å². The van der Waals surface area contributed by atoms with Crippen LogP contribution in [0.4, 0.5) is 0 Å². The summed E-state index contributed by atoms with van der Waals surface area (Å²) in [4.78, 5) is 19.9. The van der Waals surface area contributed by atoms with E-state index in [0.717, 1.165) is 0 Å². The Balaban J connectivity index is 0. The molecule has 0 spiro atoms. The van der Waals surface area contributed by atoms with Gasteiger partial charge in [-0.15, -0.1) is 0 Å². The van der Waals surface area contributed by atoms with Crippen LogP contribution in [0.1, 0.15) is 12.8 Å². The van der Waals surface area contributed by atoms with Crippen LogP contribution in [0.5, 0.6) is 0 Å². The largest absolute Gasteiger partial charge is 0.481 e. The molecule has 0 radical (unpaired) electrons. The summed E-state index contributed by atoms with van der Waals surface area (Å²) in [5, 5.41) is 16.4. The number of hydrogen-bond acceptors (Lipinski definition) is 3. The molecular formula is C6H10O4SZn. The number of carboxylic acid groups (broad SMARTS) is 2. The van der Waals surface area contributed by atoms with E-state index in [1.807, 2.05) is 0 Å². The molecule has 0 aliphatic rings. The van der Waals surface area contributed by atoms with Crippen molar-refractivity contribution in [3.63, 3.8) is 0 Å². The van der Waals surface area contributed by atoms with Gasteiger partial charge in [0.15, 0.2) is 0 Å². The van der Waals surface area contributed by atoms with Gasteiger partial charge in [-0.25, -0.2) is 0 Å². The first-order valence-electron chi connectivity index (χ1n) is 3.14. The first kappa shape index (κ1) is 14.4. The summed E-state index contributed by atoms with van der Waals surface area (Å²) in [6, 6.07) is 0. The average Bonchev–Trinajstić information content (AvgIpc) is 1.85. The van der Waals surface area contributed by atoms with E-state index in [4.69, 9.17) is 10.2 Å². The summed E-state index contributed by atoms with van der Waals surface area (Å²) in [5.74, 6) is -0.703. The van der Waals surface area contributed by atoms with Crippen molar-refractivity contribution < 1.29 is 39.3 Å². The fraction of sp³-hybridized carbons (Fsp3) is 0.667. The Morgan fingerprint density at radius 2 is 1.33 bits per heavy atom. The second-order valence-corrected chi connectivity index (χ2v) is 3.12. The first-order chi connectivity index (χ1) is 5.13. The Hall–Kier alpha value is -0.0866. The van der Waals surface area contributed by atoms with E-state index < -0.39 is 11.9 Å². The van der Waals surface area contributed by atoms with E-state index in [0.29, 0.717) is 11.5 Å². The number of rotatable bonds is 6. The van der Waals surface area contributed by atoms with E-state index in [2.05, 4.69) is 0 Å². The van der Waals surface area contributed by atoms with Crippen LogP contribution in [-0.4, -0.2) is 33.7 Å². The molecule has 4 nitrogen and oxygen atoms in total. The van der Waals surface area contributed by atoms with Gasteiger partial charge in [0, 0.05) is 31.0 Å². The number of carbonyl (C=O) groups is 2.